The Morgan fingerprint density at radius 2 is 2.08 bits per heavy atom. The van der Waals surface area contributed by atoms with E-state index in [1.807, 2.05) is 0 Å². The molecule has 68 valence electrons. The maximum Gasteiger partial charge on any atom is 0.153 e. The van der Waals surface area contributed by atoms with E-state index in [1.165, 1.54) is 43.5 Å². The predicted octanol–water partition coefficient (Wildman–Crippen LogP) is 0.570. The Kier molecular flexibility index (Phi) is 1.59. The fourth-order valence-electron chi connectivity index (χ4n) is 2.97. The molecule has 2 heterocycles. The molecule has 0 aromatic rings. The van der Waals surface area contributed by atoms with Gasteiger partial charge in [0, 0.05) is 12.8 Å². The van der Waals surface area contributed by atoms with Crippen LogP contribution in [0.1, 0.15) is 12.8 Å². The minimum atomic E-state index is 0.630. The molecule has 0 bridgehead atoms. The van der Waals surface area contributed by atoms with Crippen LogP contribution in [0.4, 0.5) is 0 Å². The van der Waals surface area contributed by atoms with Crippen molar-refractivity contribution < 1.29 is 9.06 Å². The highest BCUT2D eigenvalue weighted by Gasteiger charge is 2.51. The highest BCUT2D eigenvalue weighted by molar-refractivity contribution is 5.15. The van der Waals surface area contributed by atoms with Crippen LogP contribution in [0.25, 0.3) is 0 Å². The zero-order valence-corrected chi connectivity index (χ0v) is 8.34. The number of quaternary nitrogens is 1. The Balaban J connectivity index is 2.11. The number of hydrogen-bond donors (Lipinski definition) is 0. The second kappa shape index (κ2) is 2.32. The quantitative estimate of drug-likeness (QED) is 0.367. The normalized spacial score (nSPS) is 39.7. The molecule has 1 spiro atoms. The molecule has 2 saturated heterocycles. The molecule has 2 nitrogen and oxygen atoms in total. The van der Waals surface area contributed by atoms with Crippen molar-refractivity contribution >= 4 is 6.72 Å². The van der Waals surface area contributed by atoms with Gasteiger partial charge in [0.15, 0.2) is 6.54 Å². The lowest BCUT2D eigenvalue weighted by atomic mass is 9.86. The largest absolute Gasteiger partial charge is 0.328 e. The highest BCUT2D eigenvalue weighted by Crippen LogP contribution is 2.39. The van der Waals surface area contributed by atoms with Crippen molar-refractivity contribution in [3.05, 3.63) is 0 Å². The van der Waals surface area contributed by atoms with Gasteiger partial charge >= 0.3 is 0 Å². The standard InChI is InChI=1S/C10H20N2/c1-11-6-4-10(8-11)5-7-12(2,3)9-10/h1,4-9H2,2-3H3/q+2. The van der Waals surface area contributed by atoms with E-state index in [4.69, 9.17) is 0 Å². The van der Waals surface area contributed by atoms with Crippen LogP contribution in [0.15, 0.2) is 0 Å². The number of hydrogen-bond acceptors (Lipinski definition) is 0. The van der Waals surface area contributed by atoms with E-state index in [0.717, 1.165) is 0 Å². The summed E-state index contributed by atoms with van der Waals surface area (Å²) in [6, 6.07) is 0. The van der Waals surface area contributed by atoms with Crippen molar-refractivity contribution in [1.29, 1.82) is 0 Å². The smallest absolute Gasteiger partial charge is 0.153 e. The highest BCUT2D eigenvalue weighted by atomic mass is 15.3. The first-order valence-corrected chi connectivity index (χ1v) is 4.89. The Labute approximate surface area is 75.1 Å². The Morgan fingerprint density at radius 3 is 2.50 bits per heavy atom. The van der Waals surface area contributed by atoms with E-state index in [9.17, 15) is 0 Å². The summed E-state index contributed by atoms with van der Waals surface area (Å²) >= 11 is 0. The molecular formula is C10H20N2+2. The van der Waals surface area contributed by atoms with Crippen molar-refractivity contribution in [3.8, 4) is 0 Å². The summed E-state index contributed by atoms with van der Waals surface area (Å²) in [5, 5.41) is 0. The molecule has 0 aromatic carbocycles. The van der Waals surface area contributed by atoms with E-state index in [0.29, 0.717) is 5.41 Å². The van der Waals surface area contributed by atoms with Crippen LogP contribution in [0.5, 0.6) is 0 Å². The molecule has 0 saturated carbocycles. The second-order valence-electron chi connectivity index (χ2n) is 5.37. The summed E-state index contributed by atoms with van der Waals surface area (Å²) in [5.41, 5.74) is 0.630. The van der Waals surface area contributed by atoms with Gasteiger partial charge in [0.25, 0.3) is 0 Å². The lowest BCUT2D eigenvalue weighted by Gasteiger charge is -2.25. The molecule has 2 heteroatoms. The molecule has 0 aromatic heterocycles. The van der Waals surface area contributed by atoms with E-state index < -0.39 is 0 Å². The number of rotatable bonds is 0. The molecule has 2 fully saturated rings. The fraction of sp³-hybridized carbons (Fsp3) is 0.900. The lowest BCUT2D eigenvalue weighted by Crippen LogP contribution is -2.39. The first-order chi connectivity index (χ1) is 5.52. The molecular weight excluding hydrogens is 148 g/mol. The first-order valence-electron chi connectivity index (χ1n) is 4.89. The van der Waals surface area contributed by atoms with Gasteiger partial charge in [-0.15, -0.1) is 0 Å². The Morgan fingerprint density at radius 1 is 1.33 bits per heavy atom. The van der Waals surface area contributed by atoms with E-state index in [2.05, 4.69) is 25.4 Å². The van der Waals surface area contributed by atoms with Gasteiger partial charge in [-0.1, -0.05) is 0 Å². The van der Waals surface area contributed by atoms with Crippen LogP contribution in [0.3, 0.4) is 0 Å². The Bertz CT molecular complexity index is 220. The van der Waals surface area contributed by atoms with Gasteiger partial charge in [-0.2, -0.15) is 0 Å². The molecule has 0 amide bonds. The third-order valence-corrected chi connectivity index (χ3v) is 3.53. The van der Waals surface area contributed by atoms with Gasteiger partial charge in [0.1, 0.15) is 13.3 Å². The molecule has 12 heavy (non-hydrogen) atoms. The minimum absolute atomic E-state index is 0.630. The zero-order chi connectivity index (χ0) is 8.82. The van der Waals surface area contributed by atoms with Crippen molar-refractivity contribution in [2.75, 3.05) is 40.3 Å². The van der Waals surface area contributed by atoms with Crippen LogP contribution < -0.4 is 0 Å². The van der Waals surface area contributed by atoms with E-state index >= 15 is 0 Å². The number of nitrogens with zero attached hydrogens (tertiary/aromatic N) is 2. The first kappa shape index (κ1) is 8.24. The average Bonchev–Trinajstić information content (AvgIpc) is 2.41. The summed E-state index contributed by atoms with van der Waals surface area (Å²) in [6.45, 7) is 9.18. The van der Waals surface area contributed by atoms with Gasteiger partial charge in [-0.25, -0.2) is 4.58 Å². The van der Waals surface area contributed by atoms with Crippen molar-refractivity contribution in [2.24, 2.45) is 5.41 Å². The van der Waals surface area contributed by atoms with E-state index in [1.54, 1.807) is 0 Å². The van der Waals surface area contributed by atoms with Gasteiger partial charge < -0.3 is 4.48 Å². The number of likely N-dealkylation sites (tertiary alicyclic amines) is 1. The molecule has 2 rings (SSSR count). The van der Waals surface area contributed by atoms with E-state index in [-0.39, 0.29) is 0 Å². The third kappa shape index (κ3) is 1.28. The average molecular weight is 168 g/mol. The summed E-state index contributed by atoms with van der Waals surface area (Å²) in [5.74, 6) is 0. The molecule has 1 unspecified atom stereocenters. The topological polar surface area (TPSA) is 3.01 Å². The molecule has 1 atom stereocenters. The molecule has 2 aliphatic heterocycles. The minimum Gasteiger partial charge on any atom is -0.328 e. The van der Waals surface area contributed by atoms with Crippen molar-refractivity contribution in [3.63, 3.8) is 0 Å². The van der Waals surface area contributed by atoms with Crippen LogP contribution in [-0.2, 0) is 0 Å². The summed E-state index contributed by atoms with van der Waals surface area (Å²) in [6.07, 6.45) is 2.78. The third-order valence-electron chi connectivity index (χ3n) is 3.53. The maximum atomic E-state index is 4.03. The molecule has 0 N–H and O–H groups in total. The van der Waals surface area contributed by atoms with Gasteiger partial charge in [0.2, 0.25) is 0 Å². The molecule has 2 aliphatic rings. The van der Waals surface area contributed by atoms with Gasteiger partial charge in [-0.3, -0.25) is 0 Å². The predicted molar refractivity (Wildman–Crippen MR) is 50.6 cm³/mol. The second-order valence-corrected chi connectivity index (χ2v) is 5.37. The van der Waals surface area contributed by atoms with Crippen LogP contribution >= 0.6 is 0 Å². The van der Waals surface area contributed by atoms with Crippen molar-refractivity contribution in [2.45, 2.75) is 12.8 Å². The van der Waals surface area contributed by atoms with Gasteiger partial charge in [0.05, 0.1) is 32.6 Å². The van der Waals surface area contributed by atoms with Crippen LogP contribution in [0, 0.1) is 5.41 Å². The molecule has 0 radical (unpaired) electrons. The maximum absolute atomic E-state index is 4.03. The lowest BCUT2D eigenvalue weighted by molar-refractivity contribution is -0.881. The summed E-state index contributed by atoms with van der Waals surface area (Å²) in [7, 11) is 4.70. The van der Waals surface area contributed by atoms with Crippen LogP contribution in [-0.4, -0.2) is 56.1 Å². The van der Waals surface area contributed by atoms with Crippen molar-refractivity contribution in [1.82, 2.24) is 0 Å². The van der Waals surface area contributed by atoms with Gasteiger partial charge in [-0.05, 0) is 0 Å². The SMILES string of the molecule is C=[N+]1CCC2(CC[N+](C)(C)C2)C1. The Hall–Kier alpha value is -0.370. The zero-order valence-electron chi connectivity index (χ0n) is 8.34. The van der Waals surface area contributed by atoms with Crippen LogP contribution in [0.2, 0.25) is 0 Å². The fourth-order valence-corrected chi connectivity index (χ4v) is 2.97. The summed E-state index contributed by atoms with van der Waals surface area (Å²) in [4.78, 5) is 0. The monoisotopic (exact) mass is 168 g/mol. The molecule has 0 aliphatic carbocycles. The summed E-state index contributed by atoms with van der Waals surface area (Å²) < 4.78 is 3.46.